The minimum atomic E-state index is -0.00212. The van der Waals surface area contributed by atoms with E-state index in [0.29, 0.717) is 0 Å². The fourth-order valence-corrected chi connectivity index (χ4v) is 4.82. The highest BCUT2D eigenvalue weighted by Gasteiger charge is 2.31. The molecular weight excluding hydrogens is 322 g/mol. The Balaban J connectivity index is 1.71. The van der Waals surface area contributed by atoms with Crippen molar-refractivity contribution in [2.45, 2.75) is 38.7 Å². The van der Waals surface area contributed by atoms with Crippen molar-refractivity contribution in [2.75, 3.05) is 11.5 Å². The molecule has 1 fully saturated rings. The monoisotopic (exact) mass is 343 g/mol. The Kier molecular flexibility index (Phi) is 4.08. The highest BCUT2D eigenvalue weighted by atomic mass is 32.2. The van der Waals surface area contributed by atoms with E-state index in [1.165, 1.54) is 0 Å². The molecular formula is C18H21N3O2S. The molecule has 2 aliphatic heterocycles. The number of carbonyl (C=O) groups excluding carboxylic acids is 1. The molecule has 126 valence electrons. The molecule has 2 aromatic heterocycles. The molecule has 0 aliphatic carbocycles. The Bertz CT molecular complexity index is 808. The summed E-state index contributed by atoms with van der Waals surface area (Å²) in [5, 5.41) is 5.00. The topological polar surface area (TPSA) is 67.3 Å². The van der Waals surface area contributed by atoms with Gasteiger partial charge in [0.1, 0.15) is 11.8 Å². The molecule has 2 aromatic rings. The van der Waals surface area contributed by atoms with E-state index in [1.54, 1.807) is 0 Å². The second-order valence-corrected chi connectivity index (χ2v) is 7.86. The Hall–Kier alpha value is -1.82. The van der Waals surface area contributed by atoms with Crippen LogP contribution in [0.2, 0.25) is 0 Å². The minimum absolute atomic E-state index is 0.00212. The van der Waals surface area contributed by atoms with Crippen molar-refractivity contribution in [1.29, 1.82) is 0 Å². The van der Waals surface area contributed by atoms with Crippen LogP contribution in [0, 0.1) is 5.92 Å². The molecule has 2 aliphatic rings. The first-order valence-electron chi connectivity index (χ1n) is 8.44. The number of Topliss-reactive ketones (excluding diaryl/α,β-unsaturated/α-hetero) is 1. The number of pyridine rings is 1. The van der Waals surface area contributed by atoms with Crippen LogP contribution in [0.3, 0.4) is 0 Å². The third kappa shape index (κ3) is 2.62. The highest BCUT2D eigenvalue weighted by molar-refractivity contribution is 7.99. The van der Waals surface area contributed by atoms with Crippen LogP contribution in [-0.2, 0) is 4.84 Å². The molecule has 0 bridgehead atoms. The molecule has 2 atom stereocenters. The maximum absolute atomic E-state index is 12.9. The van der Waals surface area contributed by atoms with Gasteiger partial charge in [0.25, 0.3) is 0 Å². The number of hydrogen-bond donors (Lipinski definition) is 1. The maximum Gasteiger partial charge on any atom is 0.168 e. The molecule has 0 aromatic carbocycles. The van der Waals surface area contributed by atoms with Crippen LogP contribution in [0.4, 0.5) is 0 Å². The predicted octanol–water partition coefficient (Wildman–Crippen LogP) is 3.77. The standard InChI is InChI=1S/C18H21N3O2S/c1-10-16(11(2)23-21-10)13-7-14-15(9-20-18(14)19-8-13)17(22)12-3-5-24-6-4-12/h7-9,11-12,16H,3-6H2,1-2H3,(H,19,20). The van der Waals surface area contributed by atoms with E-state index >= 15 is 0 Å². The summed E-state index contributed by atoms with van der Waals surface area (Å²) in [6.45, 7) is 3.99. The van der Waals surface area contributed by atoms with Gasteiger partial charge < -0.3 is 9.82 Å². The quantitative estimate of drug-likeness (QED) is 0.862. The fraction of sp³-hybridized carbons (Fsp3) is 0.500. The lowest BCUT2D eigenvalue weighted by molar-refractivity contribution is 0.0904. The maximum atomic E-state index is 12.9. The first kappa shape index (κ1) is 15.7. The summed E-state index contributed by atoms with van der Waals surface area (Å²) >= 11 is 1.94. The highest BCUT2D eigenvalue weighted by Crippen LogP contribution is 2.32. The van der Waals surface area contributed by atoms with Crippen molar-refractivity contribution in [3.8, 4) is 0 Å². The van der Waals surface area contributed by atoms with Gasteiger partial charge >= 0.3 is 0 Å². The largest absolute Gasteiger partial charge is 0.392 e. The zero-order chi connectivity index (χ0) is 16.7. The molecule has 0 radical (unpaired) electrons. The number of thioether (sulfide) groups is 1. The third-order valence-corrected chi connectivity index (χ3v) is 6.10. The van der Waals surface area contributed by atoms with E-state index in [9.17, 15) is 4.79 Å². The van der Waals surface area contributed by atoms with Crippen LogP contribution in [-0.4, -0.2) is 39.1 Å². The normalized spacial score (nSPS) is 24.8. The lowest BCUT2D eigenvalue weighted by Gasteiger charge is -2.19. The van der Waals surface area contributed by atoms with E-state index < -0.39 is 0 Å². The second-order valence-electron chi connectivity index (χ2n) is 6.64. The van der Waals surface area contributed by atoms with Gasteiger partial charge in [-0.1, -0.05) is 5.16 Å². The number of oxime groups is 1. The minimum Gasteiger partial charge on any atom is -0.392 e. The molecule has 0 amide bonds. The molecule has 5 nitrogen and oxygen atoms in total. The average Bonchev–Trinajstić information content (AvgIpc) is 3.17. The summed E-state index contributed by atoms with van der Waals surface area (Å²) in [6, 6.07) is 2.08. The van der Waals surface area contributed by atoms with Crippen molar-refractivity contribution in [3.63, 3.8) is 0 Å². The van der Waals surface area contributed by atoms with E-state index in [-0.39, 0.29) is 23.7 Å². The van der Waals surface area contributed by atoms with Gasteiger partial charge in [-0.05, 0) is 49.8 Å². The van der Waals surface area contributed by atoms with Gasteiger partial charge in [-0.3, -0.25) is 4.79 Å². The van der Waals surface area contributed by atoms with E-state index in [2.05, 4.69) is 21.2 Å². The Morgan fingerprint density at radius 3 is 2.88 bits per heavy atom. The van der Waals surface area contributed by atoms with Crippen LogP contribution >= 0.6 is 11.8 Å². The van der Waals surface area contributed by atoms with Crippen molar-refractivity contribution in [3.05, 3.63) is 29.6 Å². The first-order valence-corrected chi connectivity index (χ1v) is 9.60. The Morgan fingerprint density at radius 2 is 2.17 bits per heavy atom. The van der Waals surface area contributed by atoms with E-state index in [4.69, 9.17) is 4.84 Å². The summed E-state index contributed by atoms with van der Waals surface area (Å²) in [4.78, 5) is 26.0. The van der Waals surface area contributed by atoms with Crippen molar-refractivity contribution in [2.24, 2.45) is 11.1 Å². The molecule has 0 spiro atoms. The third-order valence-electron chi connectivity index (χ3n) is 5.05. The molecule has 4 rings (SSSR count). The van der Waals surface area contributed by atoms with Crippen molar-refractivity contribution < 1.29 is 9.63 Å². The van der Waals surface area contributed by atoms with Crippen LogP contribution in [0.15, 0.2) is 23.6 Å². The number of ketones is 1. The van der Waals surface area contributed by atoms with Gasteiger partial charge in [0, 0.05) is 29.3 Å². The van der Waals surface area contributed by atoms with Gasteiger partial charge in [-0.2, -0.15) is 11.8 Å². The fourth-order valence-electron chi connectivity index (χ4n) is 3.71. The van der Waals surface area contributed by atoms with E-state index in [0.717, 1.165) is 52.2 Å². The zero-order valence-corrected chi connectivity index (χ0v) is 14.7. The lowest BCUT2D eigenvalue weighted by Crippen LogP contribution is -2.20. The van der Waals surface area contributed by atoms with Crippen molar-refractivity contribution in [1.82, 2.24) is 9.97 Å². The van der Waals surface area contributed by atoms with E-state index in [1.807, 2.05) is 38.0 Å². The summed E-state index contributed by atoms with van der Waals surface area (Å²) in [6.07, 6.45) is 5.63. The number of fused-ring (bicyclic) bond motifs is 1. The molecule has 4 heterocycles. The smallest absolute Gasteiger partial charge is 0.168 e. The molecule has 1 N–H and O–H groups in total. The molecule has 0 saturated carbocycles. The zero-order valence-electron chi connectivity index (χ0n) is 13.9. The Labute approximate surface area is 145 Å². The lowest BCUT2D eigenvalue weighted by atomic mass is 9.89. The molecule has 1 saturated heterocycles. The molecule has 6 heteroatoms. The first-order chi connectivity index (χ1) is 11.6. The number of aromatic nitrogens is 2. The number of nitrogens with one attached hydrogen (secondary N) is 1. The van der Waals surface area contributed by atoms with Gasteiger partial charge in [-0.15, -0.1) is 0 Å². The second kappa shape index (κ2) is 6.24. The summed E-state index contributed by atoms with van der Waals surface area (Å²) in [5.41, 5.74) is 3.56. The van der Waals surface area contributed by atoms with Gasteiger partial charge in [0.2, 0.25) is 0 Å². The van der Waals surface area contributed by atoms with Crippen molar-refractivity contribution >= 4 is 34.3 Å². The number of aromatic amines is 1. The number of hydrogen-bond acceptors (Lipinski definition) is 5. The van der Waals surface area contributed by atoms with Gasteiger partial charge in [0.05, 0.1) is 11.6 Å². The average molecular weight is 343 g/mol. The Morgan fingerprint density at radius 1 is 1.38 bits per heavy atom. The number of carbonyl (C=O) groups is 1. The van der Waals surface area contributed by atoms with Gasteiger partial charge in [-0.25, -0.2) is 4.98 Å². The molecule has 2 unspecified atom stereocenters. The van der Waals surface area contributed by atoms with Gasteiger partial charge in [0.15, 0.2) is 5.78 Å². The summed E-state index contributed by atoms with van der Waals surface area (Å²) < 4.78 is 0. The summed E-state index contributed by atoms with van der Waals surface area (Å²) in [7, 11) is 0. The number of rotatable bonds is 3. The number of nitrogens with zero attached hydrogens (tertiary/aromatic N) is 2. The van der Waals surface area contributed by atoms with Crippen LogP contribution < -0.4 is 0 Å². The summed E-state index contributed by atoms with van der Waals surface area (Å²) in [5.74, 6) is 2.65. The number of H-pyrrole nitrogens is 1. The molecule has 24 heavy (non-hydrogen) atoms. The SMILES string of the molecule is CC1=NOC(C)C1c1cnc2[nH]cc(C(=O)C3CCSCC3)c2c1. The van der Waals surface area contributed by atoms with Crippen LogP contribution in [0.25, 0.3) is 11.0 Å². The van der Waals surface area contributed by atoms with Crippen LogP contribution in [0.1, 0.15) is 48.5 Å². The van der Waals surface area contributed by atoms with Crippen LogP contribution in [0.5, 0.6) is 0 Å². The predicted molar refractivity (Wildman–Crippen MR) is 96.9 cm³/mol.